The number of carbonyl (C=O) groups excluding carboxylic acids is 1. The van der Waals surface area contributed by atoms with Crippen LogP contribution in [0, 0.1) is 0 Å². The fourth-order valence-electron chi connectivity index (χ4n) is 3.06. The molecule has 1 saturated heterocycles. The predicted octanol–water partition coefficient (Wildman–Crippen LogP) is 2.07. The lowest BCUT2D eigenvalue weighted by atomic mass is 10.2. The van der Waals surface area contributed by atoms with Crippen LogP contribution in [0.4, 0.5) is 4.79 Å². The minimum absolute atomic E-state index is 0. The molecule has 0 aromatic heterocycles. The third-order valence-corrected chi connectivity index (χ3v) is 4.30. The van der Waals surface area contributed by atoms with E-state index in [0.29, 0.717) is 31.8 Å². The largest absolute Gasteiger partial charge is 0.450 e. The van der Waals surface area contributed by atoms with E-state index in [1.807, 2.05) is 14.0 Å². The molecule has 0 unspecified atom stereocenters. The summed E-state index contributed by atoms with van der Waals surface area (Å²) >= 11 is 0. The number of carbonyl (C=O) groups is 1. The molecule has 7 nitrogen and oxygen atoms in total. The normalized spacial score (nSPS) is 15.6. The quantitative estimate of drug-likeness (QED) is 0.367. The molecule has 8 heteroatoms. The van der Waals surface area contributed by atoms with Crippen LogP contribution in [0.15, 0.2) is 4.99 Å². The maximum atomic E-state index is 11.8. The van der Waals surface area contributed by atoms with Crippen LogP contribution in [0.1, 0.15) is 34.6 Å². The SMILES string of the molecule is CCOC(=O)N1CCN(C(=NC)NCCN(C(C)C)C(C)C)CC1.I. The third kappa shape index (κ3) is 7.98. The molecule has 1 aliphatic heterocycles. The Morgan fingerprint density at radius 3 is 2.08 bits per heavy atom. The van der Waals surface area contributed by atoms with Gasteiger partial charge in [0, 0.05) is 58.4 Å². The topological polar surface area (TPSA) is 60.4 Å². The van der Waals surface area contributed by atoms with E-state index in [2.05, 4.69) is 47.8 Å². The molecule has 0 aliphatic carbocycles. The molecule has 1 heterocycles. The van der Waals surface area contributed by atoms with Gasteiger partial charge >= 0.3 is 6.09 Å². The van der Waals surface area contributed by atoms with Gasteiger partial charge in [-0.3, -0.25) is 9.89 Å². The Hall–Kier alpha value is -0.770. The number of ether oxygens (including phenoxy) is 1. The molecule has 1 aliphatic rings. The number of aliphatic imine (C=N–C) groups is 1. The molecule has 1 fully saturated rings. The van der Waals surface area contributed by atoms with Crippen molar-refractivity contribution in [3.8, 4) is 0 Å². The maximum Gasteiger partial charge on any atom is 0.409 e. The van der Waals surface area contributed by atoms with Crippen LogP contribution in [0.3, 0.4) is 0 Å². The van der Waals surface area contributed by atoms with E-state index in [1.54, 1.807) is 4.90 Å². The molecule has 0 aromatic carbocycles. The van der Waals surface area contributed by atoms with Gasteiger partial charge in [0.05, 0.1) is 6.61 Å². The Balaban J connectivity index is 0.00000576. The van der Waals surface area contributed by atoms with Crippen molar-refractivity contribution in [2.24, 2.45) is 4.99 Å². The molecule has 0 radical (unpaired) electrons. The van der Waals surface area contributed by atoms with Crippen molar-refractivity contribution in [3.05, 3.63) is 0 Å². The number of nitrogens with one attached hydrogen (secondary N) is 1. The zero-order valence-corrected chi connectivity index (χ0v) is 18.9. The number of hydrogen-bond donors (Lipinski definition) is 1. The molecule has 148 valence electrons. The summed E-state index contributed by atoms with van der Waals surface area (Å²) in [7, 11) is 1.81. The van der Waals surface area contributed by atoms with Crippen LogP contribution < -0.4 is 5.32 Å². The summed E-state index contributed by atoms with van der Waals surface area (Å²) in [6, 6.07) is 1.06. The maximum absolute atomic E-state index is 11.8. The number of rotatable bonds is 6. The van der Waals surface area contributed by atoms with E-state index in [0.717, 1.165) is 32.1 Å². The zero-order valence-electron chi connectivity index (χ0n) is 16.6. The summed E-state index contributed by atoms with van der Waals surface area (Å²) in [5.74, 6) is 0.908. The average Bonchev–Trinajstić information content (AvgIpc) is 2.54. The number of nitrogens with zero attached hydrogens (tertiary/aromatic N) is 4. The van der Waals surface area contributed by atoms with Gasteiger partial charge in [-0.2, -0.15) is 0 Å². The van der Waals surface area contributed by atoms with Crippen LogP contribution in [0.5, 0.6) is 0 Å². The zero-order chi connectivity index (χ0) is 18.1. The standard InChI is InChI=1S/C17H35N5O2.HI/c1-7-24-17(23)21-12-10-20(11-13-21)16(18-6)19-8-9-22(14(2)3)15(4)5;/h14-15H,7-13H2,1-6H3,(H,18,19);1H. The molecular formula is C17H36IN5O2. The fraction of sp³-hybridized carbons (Fsp3) is 0.882. The van der Waals surface area contributed by atoms with Gasteiger partial charge < -0.3 is 19.9 Å². The van der Waals surface area contributed by atoms with Crippen molar-refractivity contribution in [2.75, 3.05) is 52.9 Å². The number of hydrogen-bond acceptors (Lipinski definition) is 4. The van der Waals surface area contributed by atoms with Gasteiger partial charge in [0.1, 0.15) is 0 Å². The highest BCUT2D eigenvalue weighted by Gasteiger charge is 2.23. The van der Waals surface area contributed by atoms with Crippen molar-refractivity contribution >= 4 is 36.0 Å². The van der Waals surface area contributed by atoms with E-state index < -0.39 is 0 Å². The Labute approximate surface area is 170 Å². The molecule has 0 saturated carbocycles. The monoisotopic (exact) mass is 469 g/mol. The van der Waals surface area contributed by atoms with Crippen molar-refractivity contribution in [3.63, 3.8) is 0 Å². The first-order valence-corrected chi connectivity index (χ1v) is 9.03. The highest BCUT2D eigenvalue weighted by atomic mass is 127. The molecule has 1 amide bonds. The van der Waals surface area contributed by atoms with Gasteiger partial charge in [-0.25, -0.2) is 4.79 Å². The van der Waals surface area contributed by atoms with Crippen LogP contribution in [-0.2, 0) is 4.74 Å². The lowest BCUT2D eigenvalue weighted by molar-refractivity contribution is 0.0914. The van der Waals surface area contributed by atoms with Crippen molar-refractivity contribution in [1.29, 1.82) is 0 Å². The number of halogens is 1. The third-order valence-electron chi connectivity index (χ3n) is 4.30. The van der Waals surface area contributed by atoms with Crippen LogP contribution >= 0.6 is 24.0 Å². The number of guanidine groups is 1. The van der Waals surface area contributed by atoms with Gasteiger partial charge in [0.25, 0.3) is 0 Å². The second-order valence-corrected chi connectivity index (χ2v) is 6.57. The first-order valence-electron chi connectivity index (χ1n) is 9.03. The number of amides is 1. The van der Waals surface area contributed by atoms with Gasteiger partial charge in [-0.15, -0.1) is 24.0 Å². The van der Waals surface area contributed by atoms with Gasteiger partial charge in [-0.05, 0) is 34.6 Å². The smallest absolute Gasteiger partial charge is 0.409 e. The molecule has 1 rings (SSSR count). The lowest BCUT2D eigenvalue weighted by Gasteiger charge is -2.36. The van der Waals surface area contributed by atoms with E-state index in [4.69, 9.17) is 4.74 Å². The lowest BCUT2D eigenvalue weighted by Crippen LogP contribution is -2.54. The van der Waals surface area contributed by atoms with Crippen LogP contribution in [0.25, 0.3) is 0 Å². The highest BCUT2D eigenvalue weighted by molar-refractivity contribution is 14.0. The Morgan fingerprint density at radius 2 is 1.64 bits per heavy atom. The van der Waals surface area contributed by atoms with E-state index in [1.165, 1.54) is 0 Å². The Bertz CT molecular complexity index is 402. The van der Waals surface area contributed by atoms with Gasteiger partial charge in [0.2, 0.25) is 0 Å². The first-order chi connectivity index (χ1) is 11.4. The second kappa shape index (κ2) is 12.6. The minimum Gasteiger partial charge on any atom is -0.450 e. The number of piperazine rings is 1. The highest BCUT2D eigenvalue weighted by Crippen LogP contribution is 2.05. The molecule has 0 aromatic rings. The summed E-state index contributed by atoms with van der Waals surface area (Å²) in [5.41, 5.74) is 0. The predicted molar refractivity (Wildman–Crippen MR) is 114 cm³/mol. The van der Waals surface area contributed by atoms with E-state index >= 15 is 0 Å². The fourth-order valence-corrected chi connectivity index (χ4v) is 3.06. The molecular weight excluding hydrogens is 433 g/mol. The average molecular weight is 469 g/mol. The van der Waals surface area contributed by atoms with Crippen molar-refractivity contribution < 1.29 is 9.53 Å². The molecule has 0 atom stereocenters. The van der Waals surface area contributed by atoms with Gasteiger partial charge in [0.15, 0.2) is 5.96 Å². The van der Waals surface area contributed by atoms with Gasteiger partial charge in [-0.1, -0.05) is 0 Å². The summed E-state index contributed by atoms with van der Waals surface area (Å²) < 4.78 is 5.06. The first kappa shape index (κ1) is 24.2. The van der Waals surface area contributed by atoms with E-state index in [9.17, 15) is 4.79 Å². The van der Waals surface area contributed by atoms with Crippen LogP contribution in [-0.4, -0.2) is 91.8 Å². The molecule has 25 heavy (non-hydrogen) atoms. The summed E-state index contributed by atoms with van der Waals surface area (Å²) in [6.45, 7) is 15.9. The van der Waals surface area contributed by atoms with Crippen molar-refractivity contribution in [1.82, 2.24) is 20.0 Å². The molecule has 0 spiro atoms. The van der Waals surface area contributed by atoms with Crippen LogP contribution in [0.2, 0.25) is 0 Å². The minimum atomic E-state index is -0.218. The molecule has 1 N–H and O–H groups in total. The van der Waals surface area contributed by atoms with E-state index in [-0.39, 0.29) is 30.1 Å². The van der Waals surface area contributed by atoms with Crippen molar-refractivity contribution in [2.45, 2.75) is 46.7 Å². The summed E-state index contributed by atoms with van der Waals surface area (Å²) in [4.78, 5) is 22.5. The Kier molecular flexibility index (Phi) is 12.2. The second-order valence-electron chi connectivity index (χ2n) is 6.57. The summed E-state index contributed by atoms with van der Waals surface area (Å²) in [5, 5.41) is 3.45. The summed E-state index contributed by atoms with van der Waals surface area (Å²) in [6.07, 6.45) is -0.218. The molecule has 0 bridgehead atoms. The Morgan fingerprint density at radius 1 is 1.12 bits per heavy atom.